The fraction of sp³-hybridized carbons (Fsp3) is 0.172. The van der Waals surface area contributed by atoms with Crippen LogP contribution in [-0.4, -0.2) is 60.5 Å². The standard InChI is InChI=1S/C29H25ClFN3O6/c30-23-11-10-22(31)14-21(23)17-34-25(28(37)38)15-24(32-34)27(36)33(13-12-26(35)29(39)40)16-18-6-8-20(9-7-18)19-4-2-1-3-5-19/h1-11,14-15,26,35H,12-13,16-17H2,(H,37,38)(H,39,40)/t26-/m1/s1. The molecule has 9 nitrogen and oxygen atoms in total. The maximum absolute atomic E-state index is 13.8. The Kier molecular flexibility index (Phi) is 8.93. The van der Waals surface area contributed by atoms with Gasteiger partial charge in [-0.05, 0) is 40.5 Å². The molecule has 0 aliphatic heterocycles. The van der Waals surface area contributed by atoms with Crippen molar-refractivity contribution in [3.8, 4) is 11.1 Å². The van der Waals surface area contributed by atoms with E-state index in [2.05, 4.69) is 5.10 Å². The number of carbonyl (C=O) groups is 3. The number of aromatic nitrogens is 2. The van der Waals surface area contributed by atoms with Gasteiger partial charge in [0.1, 0.15) is 11.5 Å². The molecule has 1 heterocycles. The van der Waals surface area contributed by atoms with Gasteiger partial charge in [0.05, 0.1) is 6.54 Å². The van der Waals surface area contributed by atoms with Crippen LogP contribution in [0.15, 0.2) is 78.9 Å². The van der Waals surface area contributed by atoms with Crippen LogP contribution in [0.3, 0.4) is 0 Å². The summed E-state index contributed by atoms with van der Waals surface area (Å²) >= 11 is 6.13. The van der Waals surface area contributed by atoms with Crippen LogP contribution in [0.4, 0.5) is 4.39 Å². The second kappa shape index (κ2) is 12.5. The number of carboxylic acid groups (broad SMARTS) is 2. The number of amides is 1. The number of aliphatic carboxylic acids is 1. The normalized spacial score (nSPS) is 11.7. The second-order valence-electron chi connectivity index (χ2n) is 9.05. The van der Waals surface area contributed by atoms with Gasteiger partial charge in [-0.3, -0.25) is 9.48 Å². The number of benzene rings is 3. The Morgan fingerprint density at radius 3 is 2.27 bits per heavy atom. The summed E-state index contributed by atoms with van der Waals surface area (Å²) in [6.07, 6.45) is -1.95. The van der Waals surface area contributed by atoms with Gasteiger partial charge in [-0.15, -0.1) is 0 Å². The van der Waals surface area contributed by atoms with Gasteiger partial charge in [0.25, 0.3) is 5.91 Å². The Morgan fingerprint density at radius 2 is 1.62 bits per heavy atom. The molecule has 40 heavy (non-hydrogen) atoms. The van der Waals surface area contributed by atoms with Gasteiger partial charge in [-0.1, -0.05) is 66.2 Å². The van der Waals surface area contributed by atoms with Crippen LogP contribution < -0.4 is 0 Å². The van der Waals surface area contributed by atoms with E-state index < -0.39 is 29.8 Å². The average Bonchev–Trinajstić information content (AvgIpc) is 3.37. The zero-order valence-corrected chi connectivity index (χ0v) is 21.8. The van der Waals surface area contributed by atoms with Crippen LogP contribution in [-0.2, 0) is 17.9 Å². The zero-order chi connectivity index (χ0) is 28.8. The second-order valence-corrected chi connectivity index (χ2v) is 9.45. The molecule has 0 saturated heterocycles. The van der Waals surface area contributed by atoms with Crippen LogP contribution >= 0.6 is 11.6 Å². The summed E-state index contributed by atoms with van der Waals surface area (Å²) < 4.78 is 14.8. The van der Waals surface area contributed by atoms with E-state index >= 15 is 0 Å². The molecule has 0 bridgehead atoms. The molecule has 4 aromatic rings. The SMILES string of the molecule is O=C(O)c1cc(C(=O)N(CC[C@@H](O)C(=O)O)Cc2ccc(-c3ccccc3)cc2)nn1Cc1cc(F)ccc1Cl. The molecule has 11 heteroatoms. The number of rotatable bonds is 11. The molecule has 3 aromatic carbocycles. The Hall–Kier alpha value is -4.54. The highest BCUT2D eigenvalue weighted by Gasteiger charge is 2.25. The lowest BCUT2D eigenvalue weighted by atomic mass is 10.0. The Morgan fingerprint density at radius 1 is 0.950 bits per heavy atom. The smallest absolute Gasteiger partial charge is 0.354 e. The van der Waals surface area contributed by atoms with Crippen LogP contribution in [0.1, 0.15) is 38.5 Å². The number of halogens is 2. The molecule has 0 fully saturated rings. The molecular formula is C29H25ClFN3O6. The average molecular weight is 566 g/mol. The zero-order valence-electron chi connectivity index (χ0n) is 21.1. The first-order valence-corrected chi connectivity index (χ1v) is 12.6. The van der Waals surface area contributed by atoms with Crippen LogP contribution in [0.5, 0.6) is 0 Å². The number of aromatic carboxylic acids is 1. The molecule has 1 amide bonds. The topological polar surface area (TPSA) is 133 Å². The number of carboxylic acids is 2. The summed E-state index contributed by atoms with van der Waals surface area (Å²) in [5, 5.41) is 33.0. The molecule has 0 aliphatic rings. The van der Waals surface area contributed by atoms with Crippen LogP contribution in [0, 0.1) is 5.82 Å². The molecule has 206 valence electrons. The molecular weight excluding hydrogens is 541 g/mol. The van der Waals surface area contributed by atoms with Crippen molar-refractivity contribution in [1.82, 2.24) is 14.7 Å². The lowest BCUT2D eigenvalue weighted by molar-refractivity contribution is -0.147. The lowest BCUT2D eigenvalue weighted by Crippen LogP contribution is -2.35. The number of nitrogens with zero attached hydrogens (tertiary/aromatic N) is 3. The van der Waals surface area contributed by atoms with Crippen molar-refractivity contribution in [2.75, 3.05) is 6.54 Å². The molecule has 0 unspecified atom stereocenters. The number of aliphatic hydroxyl groups is 1. The summed E-state index contributed by atoms with van der Waals surface area (Å²) in [6, 6.07) is 21.8. The highest BCUT2D eigenvalue weighted by atomic mass is 35.5. The van der Waals surface area contributed by atoms with Crippen molar-refractivity contribution >= 4 is 29.4 Å². The Bertz CT molecular complexity index is 1520. The van der Waals surface area contributed by atoms with Gasteiger partial charge in [-0.25, -0.2) is 14.0 Å². The lowest BCUT2D eigenvalue weighted by Gasteiger charge is -2.23. The van der Waals surface area contributed by atoms with Gasteiger partial charge in [0, 0.05) is 30.6 Å². The van der Waals surface area contributed by atoms with E-state index in [0.29, 0.717) is 0 Å². The number of carbonyl (C=O) groups excluding carboxylic acids is 1. The highest BCUT2D eigenvalue weighted by molar-refractivity contribution is 6.31. The molecule has 1 aromatic heterocycles. The van der Waals surface area contributed by atoms with Crippen molar-refractivity contribution in [3.05, 3.63) is 112 Å². The largest absolute Gasteiger partial charge is 0.479 e. The van der Waals surface area contributed by atoms with E-state index in [-0.39, 0.29) is 48.0 Å². The van der Waals surface area contributed by atoms with Crippen molar-refractivity contribution in [3.63, 3.8) is 0 Å². The maximum Gasteiger partial charge on any atom is 0.354 e. The van der Waals surface area contributed by atoms with Crippen molar-refractivity contribution in [1.29, 1.82) is 0 Å². The molecule has 1 atom stereocenters. The Balaban J connectivity index is 1.61. The fourth-order valence-electron chi connectivity index (χ4n) is 4.11. The minimum absolute atomic E-state index is 0.0469. The van der Waals surface area contributed by atoms with Gasteiger partial charge < -0.3 is 20.2 Å². The Labute approximate surface area is 233 Å². The minimum atomic E-state index is -1.70. The maximum atomic E-state index is 13.8. The van der Waals surface area contributed by atoms with Gasteiger partial charge >= 0.3 is 11.9 Å². The summed E-state index contributed by atoms with van der Waals surface area (Å²) in [6.45, 7) is -0.298. The molecule has 0 saturated carbocycles. The van der Waals surface area contributed by atoms with Crippen LogP contribution in [0.25, 0.3) is 11.1 Å². The third-order valence-electron chi connectivity index (χ3n) is 6.23. The number of aliphatic hydroxyl groups excluding tert-OH is 1. The summed E-state index contributed by atoms with van der Waals surface area (Å²) in [5.74, 6) is -4.02. The van der Waals surface area contributed by atoms with E-state index in [0.717, 1.165) is 39.6 Å². The van der Waals surface area contributed by atoms with Gasteiger partial charge in [-0.2, -0.15) is 5.10 Å². The van der Waals surface area contributed by atoms with Crippen molar-refractivity contribution in [2.24, 2.45) is 0 Å². The van der Waals surface area contributed by atoms with E-state index in [9.17, 15) is 29.0 Å². The molecule has 0 spiro atoms. The summed E-state index contributed by atoms with van der Waals surface area (Å²) in [4.78, 5) is 37.9. The first kappa shape index (κ1) is 28.5. The minimum Gasteiger partial charge on any atom is -0.479 e. The first-order valence-electron chi connectivity index (χ1n) is 12.2. The molecule has 0 radical (unpaired) electrons. The highest BCUT2D eigenvalue weighted by Crippen LogP contribution is 2.22. The third kappa shape index (κ3) is 6.90. The van der Waals surface area contributed by atoms with Crippen molar-refractivity contribution in [2.45, 2.75) is 25.6 Å². The predicted molar refractivity (Wildman–Crippen MR) is 145 cm³/mol. The monoisotopic (exact) mass is 565 g/mol. The fourth-order valence-corrected chi connectivity index (χ4v) is 4.29. The quantitative estimate of drug-likeness (QED) is 0.243. The third-order valence-corrected chi connectivity index (χ3v) is 6.59. The number of hydrogen-bond donors (Lipinski definition) is 3. The summed E-state index contributed by atoms with van der Waals surface area (Å²) in [7, 11) is 0. The summed E-state index contributed by atoms with van der Waals surface area (Å²) in [5.41, 5.74) is 2.44. The van der Waals surface area contributed by atoms with E-state index in [1.54, 1.807) is 0 Å². The molecule has 0 aliphatic carbocycles. The van der Waals surface area contributed by atoms with E-state index in [1.807, 2.05) is 54.6 Å². The van der Waals surface area contributed by atoms with Gasteiger partial charge in [0.15, 0.2) is 11.8 Å². The predicted octanol–water partition coefficient (Wildman–Crippen LogP) is 4.57. The molecule has 3 N–H and O–H groups in total. The number of hydrogen-bond acceptors (Lipinski definition) is 5. The van der Waals surface area contributed by atoms with Crippen LogP contribution in [0.2, 0.25) is 5.02 Å². The van der Waals surface area contributed by atoms with Crippen molar-refractivity contribution < 1.29 is 34.1 Å². The van der Waals surface area contributed by atoms with E-state index in [1.165, 1.54) is 11.0 Å². The van der Waals surface area contributed by atoms with Gasteiger partial charge in [0.2, 0.25) is 0 Å². The molecule has 4 rings (SSSR count). The first-order chi connectivity index (χ1) is 19.1. The van der Waals surface area contributed by atoms with E-state index in [4.69, 9.17) is 16.7 Å².